The Labute approximate surface area is 125 Å². The van der Waals surface area contributed by atoms with Crippen LogP contribution in [0.2, 0.25) is 0 Å². The summed E-state index contributed by atoms with van der Waals surface area (Å²) in [6.07, 6.45) is 2.26. The zero-order valence-electron chi connectivity index (χ0n) is 12.6. The Morgan fingerprint density at radius 3 is 2.50 bits per heavy atom. The first-order valence-corrected chi connectivity index (χ1v) is 7.99. The van der Waals surface area contributed by atoms with Gasteiger partial charge in [-0.15, -0.1) is 0 Å². The Kier molecular flexibility index (Phi) is 6.74. The van der Waals surface area contributed by atoms with Gasteiger partial charge in [0.1, 0.15) is 17.5 Å². The van der Waals surface area contributed by atoms with E-state index in [1.807, 2.05) is 26.0 Å². The van der Waals surface area contributed by atoms with Gasteiger partial charge in [-0.2, -0.15) is 17.0 Å². The summed E-state index contributed by atoms with van der Waals surface area (Å²) < 4.78 is 0. The molecule has 0 aliphatic carbocycles. The van der Waals surface area contributed by atoms with Gasteiger partial charge in [0.25, 0.3) is 0 Å². The normalized spacial score (nSPS) is 12.4. The van der Waals surface area contributed by atoms with E-state index in [1.54, 1.807) is 24.0 Å². The predicted octanol–water partition coefficient (Wildman–Crippen LogP) is 4.00. The molecule has 1 rings (SSSR count). The number of hydrogen-bond donors (Lipinski definition) is 0. The summed E-state index contributed by atoms with van der Waals surface area (Å²) in [6.45, 7) is 8.21. The number of aromatic nitrogens is 1. The van der Waals surface area contributed by atoms with Gasteiger partial charge in [0, 0.05) is 23.8 Å². The fourth-order valence-corrected chi connectivity index (χ4v) is 2.89. The third kappa shape index (κ3) is 5.34. The molecule has 0 bridgehead atoms. The van der Waals surface area contributed by atoms with Crippen molar-refractivity contribution < 1.29 is 4.79 Å². The number of nitrogens with zero attached hydrogens (tertiary/aromatic N) is 2. The minimum Gasteiger partial charge on any atom is -0.299 e. The molecule has 20 heavy (non-hydrogen) atoms. The van der Waals surface area contributed by atoms with Crippen LogP contribution in [0.3, 0.4) is 0 Å². The van der Waals surface area contributed by atoms with Crippen LogP contribution in [0.25, 0.3) is 0 Å². The van der Waals surface area contributed by atoms with E-state index in [2.05, 4.69) is 18.8 Å². The van der Waals surface area contributed by atoms with Crippen LogP contribution in [-0.2, 0) is 4.79 Å². The zero-order chi connectivity index (χ0) is 15.1. The molecule has 0 N–H and O–H groups in total. The largest absolute Gasteiger partial charge is 0.299 e. The Morgan fingerprint density at radius 1 is 1.35 bits per heavy atom. The SMILES string of the molecule is CC(C)CSC(CC(=O)C(C)C)c1ccc(C#N)nc1. The number of carbonyl (C=O) groups excluding carboxylic acids is 1. The van der Waals surface area contributed by atoms with Crippen LogP contribution in [0, 0.1) is 23.2 Å². The highest BCUT2D eigenvalue weighted by Gasteiger charge is 2.19. The summed E-state index contributed by atoms with van der Waals surface area (Å²) >= 11 is 1.80. The quantitative estimate of drug-likeness (QED) is 0.761. The van der Waals surface area contributed by atoms with E-state index in [4.69, 9.17) is 5.26 Å². The van der Waals surface area contributed by atoms with E-state index in [-0.39, 0.29) is 17.0 Å². The first kappa shape index (κ1) is 16.7. The van der Waals surface area contributed by atoms with E-state index >= 15 is 0 Å². The van der Waals surface area contributed by atoms with Crippen LogP contribution in [0.5, 0.6) is 0 Å². The molecular weight excluding hydrogens is 268 g/mol. The molecule has 0 aromatic carbocycles. The number of nitriles is 1. The van der Waals surface area contributed by atoms with Crippen LogP contribution in [0.15, 0.2) is 18.3 Å². The number of hydrogen-bond acceptors (Lipinski definition) is 4. The van der Waals surface area contributed by atoms with Gasteiger partial charge in [0.2, 0.25) is 0 Å². The summed E-state index contributed by atoms with van der Waals surface area (Å²) in [4.78, 5) is 16.1. The van der Waals surface area contributed by atoms with E-state index in [1.165, 1.54) is 0 Å². The molecule has 3 nitrogen and oxygen atoms in total. The summed E-state index contributed by atoms with van der Waals surface area (Å²) in [5, 5.41) is 8.92. The smallest absolute Gasteiger partial charge is 0.140 e. The molecule has 108 valence electrons. The Bertz CT molecular complexity index is 474. The van der Waals surface area contributed by atoms with Crippen molar-refractivity contribution in [1.29, 1.82) is 5.26 Å². The highest BCUT2D eigenvalue weighted by Crippen LogP contribution is 2.34. The van der Waals surface area contributed by atoms with Crippen LogP contribution < -0.4 is 0 Å². The first-order valence-electron chi connectivity index (χ1n) is 6.94. The zero-order valence-corrected chi connectivity index (χ0v) is 13.4. The number of Topliss-reactive ketones (excluding diaryl/α,β-unsaturated/α-hetero) is 1. The molecule has 0 aliphatic heterocycles. The lowest BCUT2D eigenvalue weighted by molar-refractivity contribution is -0.121. The number of rotatable bonds is 7. The van der Waals surface area contributed by atoms with E-state index in [0.29, 0.717) is 18.0 Å². The van der Waals surface area contributed by atoms with Crippen molar-refractivity contribution in [1.82, 2.24) is 4.98 Å². The molecule has 1 atom stereocenters. The van der Waals surface area contributed by atoms with Crippen molar-refractivity contribution in [2.75, 3.05) is 5.75 Å². The van der Waals surface area contributed by atoms with E-state index in [9.17, 15) is 4.79 Å². The molecule has 1 unspecified atom stereocenters. The van der Waals surface area contributed by atoms with Crippen molar-refractivity contribution in [3.05, 3.63) is 29.6 Å². The summed E-state index contributed by atoms with van der Waals surface area (Å²) in [6, 6.07) is 5.65. The fraction of sp³-hybridized carbons (Fsp3) is 0.562. The van der Waals surface area contributed by atoms with Gasteiger partial charge in [-0.05, 0) is 23.3 Å². The number of thioether (sulfide) groups is 1. The fourth-order valence-electron chi connectivity index (χ4n) is 1.66. The molecule has 0 fully saturated rings. The van der Waals surface area contributed by atoms with E-state index < -0.39 is 0 Å². The number of pyridine rings is 1. The monoisotopic (exact) mass is 290 g/mol. The molecule has 1 aromatic heterocycles. The summed E-state index contributed by atoms with van der Waals surface area (Å²) in [5.74, 6) is 1.93. The second-order valence-corrected chi connectivity index (χ2v) is 6.87. The van der Waals surface area contributed by atoms with Crippen LogP contribution >= 0.6 is 11.8 Å². The van der Waals surface area contributed by atoms with Crippen molar-refractivity contribution in [3.8, 4) is 6.07 Å². The molecule has 0 saturated heterocycles. The minimum absolute atomic E-state index is 0.0588. The summed E-state index contributed by atoms with van der Waals surface area (Å²) in [5.41, 5.74) is 1.44. The Hall–Kier alpha value is -1.34. The molecule has 0 spiro atoms. The van der Waals surface area contributed by atoms with Crippen molar-refractivity contribution in [2.45, 2.75) is 39.4 Å². The van der Waals surface area contributed by atoms with Gasteiger partial charge in [0.05, 0.1) is 0 Å². The van der Waals surface area contributed by atoms with Crippen LogP contribution in [0.4, 0.5) is 0 Å². The number of carbonyl (C=O) groups is 1. The molecule has 0 aliphatic rings. The standard InChI is InChI=1S/C16H22N2OS/c1-11(2)10-20-16(7-15(19)12(3)4)13-5-6-14(8-17)18-9-13/h5-6,9,11-12,16H,7,10H2,1-4H3. The third-order valence-corrected chi connectivity index (χ3v) is 4.63. The highest BCUT2D eigenvalue weighted by atomic mass is 32.2. The second-order valence-electron chi connectivity index (χ2n) is 5.63. The maximum atomic E-state index is 12.0. The van der Waals surface area contributed by atoms with Gasteiger partial charge in [-0.1, -0.05) is 33.8 Å². The maximum absolute atomic E-state index is 12.0. The van der Waals surface area contributed by atoms with Crippen LogP contribution in [0.1, 0.15) is 50.6 Å². The molecular formula is C16H22N2OS. The lowest BCUT2D eigenvalue weighted by Crippen LogP contribution is -2.12. The molecule has 0 amide bonds. The predicted molar refractivity (Wildman–Crippen MR) is 83.5 cm³/mol. The van der Waals surface area contributed by atoms with Crippen LogP contribution in [-0.4, -0.2) is 16.5 Å². The van der Waals surface area contributed by atoms with Gasteiger partial charge < -0.3 is 0 Å². The topological polar surface area (TPSA) is 53.8 Å². The lowest BCUT2D eigenvalue weighted by Gasteiger charge is -2.18. The molecule has 1 aromatic rings. The summed E-state index contributed by atoms with van der Waals surface area (Å²) in [7, 11) is 0. The molecule has 4 heteroatoms. The Morgan fingerprint density at radius 2 is 2.05 bits per heavy atom. The third-order valence-electron chi connectivity index (χ3n) is 2.93. The van der Waals surface area contributed by atoms with Crippen molar-refractivity contribution in [3.63, 3.8) is 0 Å². The van der Waals surface area contributed by atoms with Gasteiger partial charge in [0.15, 0.2) is 0 Å². The number of ketones is 1. The highest BCUT2D eigenvalue weighted by molar-refractivity contribution is 7.99. The maximum Gasteiger partial charge on any atom is 0.140 e. The minimum atomic E-state index is 0.0588. The molecule has 0 radical (unpaired) electrons. The van der Waals surface area contributed by atoms with Crippen molar-refractivity contribution >= 4 is 17.5 Å². The average Bonchev–Trinajstić information content (AvgIpc) is 2.43. The van der Waals surface area contributed by atoms with E-state index in [0.717, 1.165) is 11.3 Å². The average molecular weight is 290 g/mol. The molecule has 0 saturated carbocycles. The Balaban J connectivity index is 2.84. The second kappa shape index (κ2) is 8.06. The first-order chi connectivity index (χ1) is 9.43. The lowest BCUT2D eigenvalue weighted by atomic mass is 10.0. The van der Waals surface area contributed by atoms with Gasteiger partial charge in [-0.3, -0.25) is 4.79 Å². The van der Waals surface area contributed by atoms with Gasteiger partial charge in [-0.25, -0.2) is 4.98 Å². The van der Waals surface area contributed by atoms with Gasteiger partial charge >= 0.3 is 0 Å². The molecule has 1 heterocycles. The van der Waals surface area contributed by atoms with Crippen molar-refractivity contribution in [2.24, 2.45) is 11.8 Å².